The Bertz CT molecular complexity index is 885. The molecule has 0 radical (unpaired) electrons. The number of anilines is 2. The van der Waals surface area contributed by atoms with Gasteiger partial charge in [0, 0.05) is 11.3 Å². The van der Waals surface area contributed by atoms with Crippen LogP contribution in [0, 0.1) is 0 Å². The van der Waals surface area contributed by atoms with Crippen LogP contribution in [0.25, 0.3) is 0 Å². The maximum atomic E-state index is 12.4. The molecular formula is C19H20N4O3S. The van der Waals surface area contributed by atoms with E-state index >= 15 is 0 Å². The largest absolute Gasteiger partial charge is 0.340 e. The molecule has 0 saturated carbocycles. The van der Waals surface area contributed by atoms with Gasteiger partial charge in [-0.3, -0.25) is 14.4 Å². The molecule has 0 spiro atoms. The molecule has 1 aliphatic heterocycles. The molecular weight excluding hydrogens is 364 g/mol. The molecule has 7 nitrogen and oxygen atoms in total. The fourth-order valence-electron chi connectivity index (χ4n) is 3.38. The zero-order chi connectivity index (χ0) is 18.8. The second-order valence-electron chi connectivity index (χ2n) is 6.74. The number of rotatable bonds is 4. The molecule has 0 bridgehead atoms. The van der Waals surface area contributed by atoms with Crippen LogP contribution in [0.2, 0.25) is 0 Å². The van der Waals surface area contributed by atoms with Gasteiger partial charge in [0.2, 0.25) is 11.8 Å². The van der Waals surface area contributed by atoms with Gasteiger partial charge in [0.05, 0.1) is 16.9 Å². The number of para-hydroxylation sites is 1. The first-order chi connectivity index (χ1) is 13.1. The molecule has 4 rings (SSSR count). The summed E-state index contributed by atoms with van der Waals surface area (Å²) in [5.74, 6) is -0.835. The molecule has 1 unspecified atom stereocenters. The molecule has 2 aromatic rings. The molecule has 1 aromatic carbocycles. The molecule has 3 amide bonds. The van der Waals surface area contributed by atoms with Crippen LogP contribution in [0.1, 0.15) is 46.6 Å². The highest BCUT2D eigenvalue weighted by Crippen LogP contribution is 2.29. The summed E-state index contributed by atoms with van der Waals surface area (Å²) in [5, 5.41) is 8.89. The maximum absolute atomic E-state index is 12.4. The second kappa shape index (κ2) is 7.48. The van der Waals surface area contributed by atoms with Gasteiger partial charge in [-0.15, -0.1) is 11.3 Å². The molecule has 1 aliphatic carbocycles. The molecule has 1 atom stereocenters. The van der Waals surface area contributed by atoms with Crippen molar-refractivity contribution in [1.29, 1.82) is 0 Å². The van der Waals surface area contributed by atoms with E-state index in [-0.39, 0.29) is 30.6 Å². The Morgan fingerprint density at radius 1 is 1.22 bits per heavy atom. The Hall–Kier alpha value is -2.74. The van der Waals surface area contributed by atoms with Crippen molar-refractivity contribution in [3.8, 4) is 0 Å². The number of carbonyl (C=O) groups excluding carboxylic acids is 3. The Balaban J connectivity index is 1.35. The lowest BCUT2D eigenvalue weighted by Gasteiger charge is -2.13. The summed E-state index contributed by atoms with van der Waals surface area (Å²) in [6, 6.07) is 6.09. The lowest BCUT2D eigenvalue weighted by molar-refractivity contribution is -0.118. The Kier molecular flexibility index (Phi) is 4.89. The number of hydrogen-bond acceptors (Lipinski definition) is 5. The third-order valence-corrected chi connectivity index (χ3v) is 5.88. The Labute approximate surface area is 160 Å². The summed E-state index contributed by atoms with van der Waals surface area (Å²) in [6.07, 6.45) is 4.65. The van der Waals surface area contributed by atoms with Gasteiger partial charge in [-0.2, -0.15) is 0 Å². The Morgan fingerprint density at radius 2 is 2.04 bits per heavy atom. The van der Waals surface area contributed by atoms with E-state index in [1.165, 1.54) is 22.6 Å². The van der Waals surface area contributed by atoms with Crippen LogP contribution in [0.3, 0.4) is 0 Å². The lowest BCUT2D eigenvalue weighted by atomic mass is 10.0. The second-order valence-corrected chi connectivity index (χ2v) is 7.83. The standard InChI is InChI=1S/C19H20N4O3S/c24-16(23-19-22-13-7-3-4-8-15(13)27-19)10-9-14-18(26)20-12-6-2-1-5-11(12)17(25)21-14/h1-2,5-6,14H,3-4,7-10H2,(H,20,26)(H,21,25)(H,22,23,24). The van der Waals surface area contributed by atoms with Crippen molar-refractivity contribution in [3.05, 3.63) is 40.4 Å². The van der Waals surface area contributed by atoms with Gasteiger partial charge in [-0.1, -0.05) is 12.1 Å². The number of nitrogens with one attached hydrogen (secondary N) is 3. The van der Waals surface area contributed by atoms with Crippen LogP contribution in [-0.2, 0) is 22.4 Å². The van der Waals surface area contributed by atoms with E-state index in [1.807, 2.05) is 0 Å². The third kappa shape index (κ3) is 3.85. The van der Waals surface area contributed by atoms with Gasteiger partial charge in [0.15, 0.2) is 5.13 Å². The Morgan fingerprint density at radius 3 is 2.89 bits per heavy atom. The van der Waals surface area contributed by atoms with Crippen LogP contribution < -0.4 is 16.0 Å². The molecule has 3 N–H and O–H groups in total. The van der Waals surface area contributed by atoms with Crippen molar-refractivity contribution < 1.29 is 14.4 Å². The zero-order valence-electron chi connectivity index (χ0n) is 14.7. The van der Waals surface area contributed by atoms with Gasteiger partial charge in [0.25, 0.3) is 5.91 Å². The minimum Gasteiger partial charge on any atom is -0.340 e. The van der Waals surface area contributed by atoms with Gasteiger partial charge in [0.1, 0.15) is 6.04 Å². The van der Waals surface area contributed by atoms with E-state index in [4.69, 9.17) is 0 Å². The third-order valence-electron chi connectivity index (χ3n) is 4.80. The van der Waals surface area contributed by atoms with E-state index in [1.54, 1.807) is 24.3 Å². The van der Waals surface area contributed by atoms with Crippen LogP contribution in [0.4, 0.5) is 10.8 Å². The molecule has 2 heterocycles. The van der Waals surface area contributed by atoms with Crippen LogP contribution in [0.15, 0.2) is 24.3 Å². The number of thiazole rings is 1. The first kappa shape index (κ1) is 17.7. The van der Waals surface area contributed by atoms with Crippen LogP contribution in [-0.4, -0.2) is 28.7 Å². The summed E-state index contributed by atoms with van der Waals surface area (Å²) < 4.78 is 0. The highest BCUT2D eigenvalue weighted by atomic mass is 32.1. The fraction of sp³-hybridized carbons (Fsp3) is 0.368. The number of amides is 3. The van der Waals surface area contributed by atoms with Crippen LogP contribution in [0.5, 0.6) is 0 Å². The highest BCUT2D eigenvalue weighted by Gasteiger charge is 2.28. The molecule has 0 saturated heterocycles. The van der Waals surface area contributed by atoms with Gasteiger partial charge in [-0.25, -0.2) is 4.98 Å². The van der Waals surface area contributed by atoms with Crippen LogP contribution >= 0.6 is 11.3 Å². The van der Waals surface area contributed by atoms with Gasteiger partial charge in [-0.05, 0) is 44.2 Å². The number of aromatic nitrogens is 1. The summed E-state index contributed by atoms with van der Waals surface area (Å²) in [6.45, 7) is 0. The highest BCUT2D eigenvalue weighted by molar-refractivity contribution is 7.15. The average Bonchev–Trinajstić information content (AvgIpc) is 3.02. The van der Waals surface area contributed by atoms with Gasteiger partial charge >= 0.3 is 0 Å². The predicted octanol–water partition coefficient (Wildman–Crippen LogP) is 2.49. The summed E-state index contributed by atoms with van der Waals surface area (Å²) in [4.78, 5) is 42.7. The smallest absolute Gasteiger partial charge is 0.254 e. The van der Waals surface area contributed by atoms with E-state index in [9.17, 15) is 14.4 Å². The molecule has 140 valence electrons. The number of fused-ring (bicyclic) bond motifs is 2. The predicted molar refractivity (Wildman–Crippen MR) is 103 cm³/mol. The van der Waals surface area contributed by atoms with Crippen molar-refractivity contribution in [2.24, 2.45) is 0 Å². The number of carbonyl (C=O) groups is 3. The SMILES string of the molecule is O=C(CCC1NC(=O)c2ccccc2NC1=O)Nc1nc2c(s1)CCCC2. The number of hydrogen-bond donors (Lipinski definition) is 3. The van der Waals surface area contributed by atoms with E-state index in [2.05, 4.69) is 20.9 Å². The normalized spacial score (nSPS) is 18.6. The summed E-state index contributed by atoms with van der Waals surface area (Å²) >= 11 is 1.53. The van der Waals surface area contributed by atoms with Crippen molar-refractivity contribution in [2.75, 3.05) is 10.6 Å². The van der Waals surface area contributed by atoms with Crippen molar-refractivity contribution >= 4 is 39.9 Å². The molecule has 2 aliphatic rings. The van der Waals surface area contributed by atoms with E-state index in [0.717, 1.165) is 25.0 Å². The van der Waals surface area contributed by atoms with E-state index in [0.29, 0.717) is 16.4 Å². The quantitative estimate of drug-likeness (QED) is 0.754. The molecule has 27 heavy (non-hydrogen) atoms. The lowest BCUT2D eigenvalue weighted by Crippen LogP contribution is -2.41. The maximum Gasteiger partial charge on any atom is 0.254 e. The molecule has 8 heteroatoms. The first-order valence-electron chi connectivity index (χ1n) is 9.09. The molecule has 0 fully saturated rings. The average molecular weight is 384 g/mol. The van der Waals surface area contributed by atoms with Crippen molar-refractivity contribution in [3.63, 3.8) is 0 Å². The van der Waals surface area contributed by atoms with E-state index < -0.39 is 6.04 Å². The number of benzene rings is 1. The minimum atomic E-state index is -0.750. The number of aryl methyl sites for hydroxylation is 2. The zero-order valence-corrected chi connectivity index (χ0v) is 15.5. The number of nitrogens with zero attached hydrogens (tertiary/aromatic N) is 1. The first-order valence-corrected chi connectivity index (χ1v) is 9.91. The minimum absolute atomic E-state index is 0.124. The van der Waals surface area contributed by atoms with Crippen molar-refractivity contribution in [1.82, 2.24) is 10.3 Å². The van der Waals surface area contributed by atoms with Crippen molar-refractivity contribution in [2.45, 2.75) is 44.6 Å². The van der Waals surface area contributed by atoms with Gasteiger partial charge < -0.3 is 16.0 Å². The molecule has 1 aromatic heterocycles. The fourth-order valence-corrected chi connectivity index (χ4v) is 4.44. The summed E-state index contributed by atoms with van der Waals surface area (Å²) in [5.41, 5.74) is 2.00. The topological polar surface area (TPSA) is 100 Å². The monoisotopic (exact) mass is 384 g/mol. The summed E-state index contributed by atoms with van der Waals surface area (Å²) in [7, 11) is 0.